The van der Waals surface area contributed by atoms with E-state index in [-0.39, 0.29) is 17.9 Å². The molecule has 15 heavy (non-hydrogen) atoms. The van der Waals surface area contributed by atoms with Crippen LogP contribution in [0.3, 0.4) is 0 Å². The lowest BCUT2D eigenvalue weighted by Crippen LogP contribution is -2.56. The van der Waals surface area contributed by atoms with Crippen LogP contribution in [0.25, 0.3) is 0 Å². The standard InChI is InChI=1S/C12H23NO2/c1-5-12(7-6-8-12)13-10(3)9(2)11(14)15-4/h9-10,13H,5-8H2,1-4H3. The summed E-state index contributed by atoms with van der Waals surface area (Å²) in [6.07, 6.45) is 4.93. The molecule has 0 saturated heterocycles. The zero-order chi connectivity index (χ0) is 11.5. The van der Waals surface area contributed by atoms with E-state index in [1.165, 1.54) is 26.4 Å². The Balaban J connectivity index is 2.46. The summed E-state index contributed by atoms with van der Waals surface area (Å²) in [4.78, 5) is 11.4. The fraction of sp³-hybridized carbons (Fsp3) is 0.917. The molecule has 88 valence electrons. The summed E-state index contributed by atoms with van der Waals surface area (Å²) >= 11 is 0. The highest BCUT2D eigenvalue weighted by molar-refractivity contribution is 5.72. The van der Waals surface area contributed by atoms with Crippen molar-refractivity contribution in [3.63, 3.8) is 0 Å². The van der Waals surface area contributed by atoms with Gasteiger partial charge in [0.1, 0.15) is 0 Å². The molecule has 2 atom stereocenters. The number of hydrogen-bond donors (Lipinski definition) is 1. The van der Waals surface area contributed by atoms with Crippen LogP contribution >= 0.6 is 0 Å². The van der Waals surface area contributed by atoms with E-state index in [1.54, 1.807) is 0 Å². The van der Waals surface area contributed by atoms with Gasteiger partial charge < -0.3 is 10.1 Å². The maximum Gasteiger partial charge on any atom is 0.309 e. The maximum absolute atomic E-state index is 11.4. The molecular formula is C12H23NO2. The monoisotopic (exact) mass is 213 g/mol. The number of rotatable bonds is 5. The highest BCUT2D eigenvalue weighted by Gasteiger charge is 2.37. The second kappa shape index (κ2) is 4.97. The Kier molecular flexibility index (Phi) is 4.14. The predicted molar refractivity (Wildman–Crippen MR) is 60.7 cm³/mol. The minimum absolute atomic E-state index is 0.0703. The number of nitrogens with one attached hydrogen (secondary N) is 1. The zero-order valence-electron chi connectivity index (χ0n) is 10.3. The van der Waals surface area contributed by atoms with Gasteiger partial charge in [-0.2, -0.15) is 0 Å². The summed E-state index contributed by atoms with van der Waals surface area (Å²) in [6, 6.07) is 0.192. The van der Waals surface area contributed by atoms with E-state index in [0.717, 1.165) is 6.42 Å². The fourth-order valence-electron chi connectivity index (χ4n) is 2.20. The number of hydrogen-bond acceptors (Lipinski definition) is 3. The van der Waals surface area contributed by atoms with Gasteiger partial charge in [-0.3, -0.25) is 4.79 Å². The van der Waals surface area contributed by atoms with Gasteiger partial charge in [-0.05, 0) is 32.6 Å². The fourth-order valence-corrected chi connectivity index (χ4v) is 2.20. The molecule has 1 fully saturated rings. The molecule has 1 aliphatic rings. The zero-order valence-corrected chi connectivity index (χ0v) is 10.3. The van der Waals surface area contributed by atoms with Crippen LogP contribution in [0, 0.1) is 5.92 Å². The lowest BCUT2D eigenvalue weighted by molar-refractivity contribution is -0.146. The van der Waals surface area contributed by atoms with Gasteiger partial charge in [0.25, 0.3) is 0 Å². The van der Waals surface area contributed by atoms with Crippen molar-refractivity contribution in [2.75, 3.05) is 7.11 Å². The molecule has 1 aliphatic carbocycles. The van der Waals surface area contributed by atoms with Gasteiger partial charge in [-0.25, -0.2) is 0 Å². The van der Waals surface area contributed by atoms with Gasteiger partial charge in [-0.15, -0.1) is 0 Å². The van der Waals surface area contributed by atoms with E-state index in [2.05, 4.69) is 19.2 Å². The van der Waals surface area contributed by atoms with Gasteiger partial charge in [0, 0.05) is 11.6 Å². The van der Waals surface area contributed by atoms with Crippen molar-refractivity contribution in [1.29, 1.82) is 0 Å². The third kappa shape index (κ3) is 2.71. The summed E-state index contributed by atoms with van der Waals surface area (Å²) in [5.74, 6) is -0.195. The second-order valence-electron chi connectivity index (χ2n) is 4.73. The van der Waals surface area contributed by atoms with Gasteiger partial charge in [-0.1, -0.05) is 13.8 Å². The minimum Gasteiger partial charge on any atom is -0.469 e. The average molecular weight is 213 g/mol. The molecule has 0 aliphatic heterocycles. The Bertz CT molecular complexity index is 218. The highest BCUT2D eigenvalue weighted by atomic mass is 16.5. The van der Waals surface area contributed by atoms with E-state index in [1.807, 2.05) is 6.92 Å². The summed E-state index contributed by atoms with van der Waals surface area (Å²) < 4.78 is 4.75. The summed E-state index contributed by atoms with van der Waals surface area (Å²) in [7, 11) is 1.45. The van der Waals surface area contributed by atoms with E-state index in [9.17, 15) is 4.79 Å². The Labute approximate surface area is 92.6 Å². The number of esters is 1. The summed E-state index contributed by atoms with van der Waals surface area (Å²) in [5, 5.41) is 3.59. The Morgan fingerprint density at radius 1 is 1.47 bits per heavy atom. The van der Waals surface area contributed by atoms with Crippen LogP contribution in [-0.2, 0) is 9.53 Å². The smallest absolute Gasteiger partial charge is 0.309 e. The van der Waals surface area contributed by atoms with Crippen LogP contribution in [0.4, 0.5) is 0 Å². The van der Waals surface area contributed by atoms with Crippen LogP contribution < -0.4 is 5.32 Å². The molecule has 0 aromatic rings. The number of carbonyl (C=O) groups excluding carboxylic acids is 1. The van der Waals surface area contributed by atoms with Gasteiger partial charge >= 0.3 is 5.97 Å². The molecule has 0 spiro atoms. The average Bonchev–Trinajstić information content (AvgIpc) is 2.20. The van der Waals surface area contributed by atoms with Crippen molar-refractivity contribution in [2.45, 2.75) is 58.0 Å². The van der Waals surface area contributed by atoms with E-state index in [0.29, 0.717) is 5.54 Å². The van der Waals surface area contributed by atoms with Crippen molar-refractivity contribution in [2.24, 2.45) is 5.92 Å². The van der Waals surface area contributed by atoms with Gasteiger partial charge in [0.05, 0.1) is 13.0 Å². The first-order valence-corrected chi connectivity index (χ1v) is 5.90. The van der Waals surface area contributed by atoms with Crippen molar-refractivity contribution in [1.82, 2.24) is 5.32 Å². The van der Waals surface area contributed by atoms with E-state index >= 15 is 0 Å². The van der Waals surface area contributed by atoms with Gasteiger partial charge in [0.15, 0.2) is 0 Å². The molecule has 0 radical (unpaired) electrons. The Morgan fingerprint density at radius 3 is 2.40 bits per heavy atom. The lowest BCUT2D eigenvalue weighted by atomic mass is 9.74. The molecule has 2 unspecified atom stereocenters. The molecule has 0 amide bonds. The van der Waals surface area contributed by atoms with E-state index in [4.69, 9.17) is 4.74 Å². The van der Waals surface area contributed by atoms with Crippen LogP contribution in [0.2, 0.25) is 0 Å². The largest absolute Gasteiger partial charge is 0.469 e. The topological polar surface area (TPSA) is 38.3 Å². The molecule has 0 bridgehead atoms. The second-order valence-corrected chi connectivity index (χ2v) is 4.73. The molecular weight excluding hydrogens is 190 g/mol. The van der Waals surface area contributed by atoms with Crippen LogP contribution in [0.1, 0.15) is 46.5 Å². The molecule has 0 aromatic heterocycles. The molecule has 3 heteroatoms. The molecule has 3 nitrogen and oxygen atoms in total. The van der Waals surface area contributed by atoms with E-state index < -0.39 is 0 Å². The minimum atomic E-state index is -0.124. The summed E-state index contributed by atoms with van der Waals surface area (Å²) in [6.45, 7) is 6.20. The molecule has 0 heterocycles. The lowest BCUT2D eigenvalue weighted by Gasteiger charge is -2.45. The van der Waals surface area contributed by atoms with Crippen molar-refractivity contribution in [3.05, 3.63) is 0 Å². The maximum atomic E-state index is 11.4. The quantitative estimate of drug-likeness (QED) is 0.711. The first kappa shape index (κ1) is 12.5. The normalized spacial score (nSPS) is 22.7. The SMILES string of the molecule is CCC1(NC(C)C(C)C(=O)OC)CCC1. The Hall–Kier alpha value is -0.570. The molecule has 1 N–H and O–H groups in total. The molecule has 0 aromatic carbocycles. The highest BCUT2D eigenvalue weighted by Crippen LogP contribution is 2.35. The third-order valence-electron chi connectivity index (χ3n) is 3.84. The first-order valence-electron chi connectivity index (χ1n) is 5.90. The van der Waals surface area contributed by atoms with Crippen molar-refractivity contribution < 1.29 is 9.53 Å². The first-order chi connectivity index (χ1) is 7.04. The van der Waals surface area contributed by atoms with Crippen LogP contribution in [0.5, 0.6) is 0 Å². The molecule has 1 saturated carbocycles. The number of methoxy groups -OCH3 is 1. The van der Waals surface area contributed by atoms with Crippen molar-refractivity contribution >= 4 is 5.97 Å². The van der Waals surface area contributed by atoms with Gasteiger partial charge in [0.2, 0.25) is 0 Å². The van der Waals surface area contributed by atoms with Crippen molar-refractivity contribution in [3.8, 4) is 0 Å². The Morgan fingerprint density at radius 2 is 2.07 bits per heavy atom. The number of ether oxygens (including phenoxy) is 1. The summed E-state index contributed by atoms with van der Waals surface area (Å²) in [5.41, 5.74) is 0.293. The number of carbonyl (C=O) groups is 1. The van der Waals surface area contributed by atoms with Crippen LogP contribution in [0.15, 0.2) is 0 Å². The molecule has 1 rings (SSSR count). The predicted octanol–water partition coefficient (Wildman–Crippen LogP) is 2.11. The third-order valence-corrected chi connectivity index (χ3v) is 3.84. The van der Waals surface area contributed by atoms with Crippen LogP contribution in [-0.4, -0.2) is 24.7 Å².